The molecular formula is C10H12ClN3O3. The smallest absolute Gasteiger partial charge is 0.257 e. The van der Waals surface area contributed by atoms with Crippen molar-refractivity contribution >= 4 is 23.3 Å². The van der Waals surface area contributed by atoms with Gasteiger partial charge in [0, 0.05) is 12.1 Å². The van der Waals surface area contributed by atoms with Crippen LogP contribution in [0.2, 0.25) is 5.02 Å². The maximum absolute atomic E-state index is 11.9. The van der Waals surface area contributed by atoms with Crippen LogP contribution in [0.4, 0.5) is 0 Å². The molecule has 0 fully saturated rings. The Morgan fingerprint density at radius 1 is 1.59 bits per heavy atom. The fourth-order valence-corrected chi connectivity index (χ4v) is 1.40. The van der Waals surface area contributed by atoms with E-state index in [0.29, 0.717) is 5.02 Å². The second-order valence-corrected chi connectivity index (χ2v) is 3.85. The van der Waals surface area contributed by atoms with Gasteiger partial charge in [0.25, 0.3) is 5.91 Å². The summed E-state index contributed by atoms with van der Waals surface area (Å²) < 4.78 is 0. The van der Waals surface area contributed by atoms with Crippen LogP contribution in [0.25, 0.3) is 0 Å². The number of amidine groups is 1. The molecule has 0 saturated heterocycles. The van der Waals surface area contributed by atoms with Gasteiger partial charge >= 0.3 is 0 Å². The van der Waals surface area contributed by atoms with Gasteiger partial charge in [0.15, 0.2) is 5.84 Å². The van der Waals surface area contributed by atoms with Gasteiger partial charge in [-0.3, -0.25) is 4.79 Å². The fourth-order valence-electron chi connectivity index (χ4n) is 1.23. The molecule has 0 bridgehead atoms. The van der Waals surface area contributed by atoms with Crippen molar-refractivity contribution in [2.75, 3.05) is 13.6 Å². The molecule has 0 spiro atoms. The maximum Gasteiger partial charge on any atom is 0.257 e. The first-order valence-electron chi connectivity index (χ1n) is 4.66. The molecule has 0 aliphatic rings. The first-order chi connectivity index (χ1) is 7.95. The Labute approximate surface area is 103 Å². The molecule has 0 atom stereocenters. The predicted octanol–water partition coefficient (Wildman–Crippen LogP) is 0.864. The number of benzene rings is 1. The van der Waals surface area contributed by atoms with E-state index in [1.807, 2.05) is 0 Å². The highest BCUT2D eigenvalue weighted by Crippen LogP contribution is 2.22. The van der Waals surface area contributed by atoms with Crippen LogP contribution in [-0.2, 0) is 0 Å². The molecule has 0 aliphatic heterocycles. The van der Waals surface area contributed by atoms with Crippen LogP contribution in [0.3, 0.4) is 0 Å². The van der Waals surface area contributed by atoms with Crippen molar-refractivity contribution in [2.45, 2.75) is 0 Å². The molecule has 4 N–H and O–H groups in total. The zero-order valence-corrected chi connectivity index (χ0v) is 9.85. The van der Waals surface area contributed by atoms with E-state index in [-0.39, 0.29) is 23.7 Å². The van der Waals surface area contributed by atoms with E-state index in [1.165, 1.54) is 30.1 Å². The van der Waals surface area contributed by atoms with Crippen molar-refractivity contribution in [1.82, 2.24) is 4.90 Å². The van der Waals surface area contributed by atoms with Gasteiger partial charge in [0.1, 0.15) is 5.75 Å². The lowest BCUT2D eigenvalue weighted by Crippen LogP contribution is -2.35. The molecule has 0 radical (unpaired) electrons. The van der Waals surface area contributed by atoms with E-state index in [9.17, 15) is 9.90 Å². The Morgan fingerprint density at radius 3 is 2.82 bits per heavy atom. The van der Waals surface area contributed by atoms with E-state index >= 15 is 0 Å². The topological polar surface area (TPSA) is 99.1 Å². The maximum atomic E-state index is 11.9. The van der Waals surface area contributed by atoms with Crippen LogP contribution in [0.1, 0.15) is 10.4 Å². The number of likely N-dealkylation sites (N-methyl/N-ethyl adjacent to an activating group) is 1. The SMILES string of the molecule is CN(CC(N)=NO)C(=O)c1cc(Cl)ccc1O. The molecule has 17 heavy (non-hydrogen) atoms. The third kappa shape index (κ3) is 3.25. The number of amides is 1. The van der Waals surface area contributed by atoms with Crippen molar-refractivity contribution in [2.24, 2.45) is 10.9 Å². The fraction of sp³-hybridized carbons (Fsp3) is 0.200. The highest BCUT2D eigenvalue weighted by molar-refractivity contribution is 6.31. The van der Waals surface area contributed by atoms with Crippen molar-refractivity contribution in [3.05, 3.63) is 28.8 Å². The normalized spacial score (nSPS) is 11.3. The number of halogens is 1. The van der Waals surface area contributed by atoms with E-state index in [1.54, 1.807) is 0 Å². The summed E-state index contributed by atoms with van der Waals surface area (Å²) >= 11 is 5.73. The molecule has 0 aliphatic carbocycles. The average molecular weight is 258 g/mol. The van der Waals surface area contributed by atoms with Crippen molar-refractivity contribution in [1.29, 1.82) is 0 Å². The second-order valence-electron chi connectivity index (χ2n) is 3.41. The van der Waals surface area contributed by atoms with E-state index in [4.69, 9.17) is 22.5 Å². The number of nitrogens with two attached hydrogens (primary N) is 1. The van der Waals surface area contributed by atoms with Gasteiger partial charge in [-0.2, -0.15) is 0 Å². The molecule has 0 aromatic heterocycles. The Kier molecular flexibility index (Phi) is 4.17. The van der Waals surface area contributed by atoms with Crippen LogP contribution in [0.15, 0.2) is 23.4 Å². The van der Waals surface area contributed by atoms with Gasteiger partial charge < -0.3 is 20.9 Å². The Hall–Kier alpha value is -1.95. The van der Waals surface area contributed by atoms with Crippen molar-refractivity contribution < 1.29 is 15.1 Å². The number of hydrogen-bond donors (Lipinski definition) is 3. The summed E-state index contributed by atoms with van der Waals surface area (Å²) in [6, 6.07) is 4.14. The number of hydrogen-bond acceptors (Lipinski definition) is 4. The standard InChI is InChI=1S/C10H12ClN3O3/c1-14(5-9(12)13-17)10(16)7-4-6(11)2-3-8(7)15/h2-4,15,17H,5H2,1H3,(H2,12,13). The first-order valence-corrected chi connectivity index (χ1v) is 5.04. The van der Waals surface area contributed by atoms with E-state index in [2.05, 4.69) is 5.16 Å². The summed E-state index contributed by atoms with van der Waals surface area (Å²) in [6.45, 7) is -0.0543. The average Bonchev–Trinajstić information content (AvgIpc) is 2.31. The largest absolute Gasteiger partial charge is 0.507 e. The minimum atomic E-state index is -0.475. The summed E-state index contributed by atoms with van der Waals surface area (Å²) in [4.78, 5) is 13.1. The molecule has 1 amide bonds. The third-order valence-corrected chi connectivity index (χ3v) is 2.30. The summed E-state index contributed by atoms with van der Waals surface area (Å²) in [7, 11) is 1.46. The Balaban J connectivity index is 2.92. The quantitative estimate of drug-likeness (QED) is 0.324. The zero-order chi connectivity index (χ0) is 13.0. The van der Waals surface area contributed by atoms with Crippen LogP contribution < -0.4 is 5.73 Å². The molecule has 0 saturated carbocycles. The van der Waals surface area contributed by atoms with Gasteiger partial charge in [-0.05, 0) is 18.2 Å². The molecular weight excluding hydrogens is 246 g/mol. The predicted molar refractivity (Wildman–Crippen MR) is 63.5 cm³/mol. The van der Waals surface area contributed by atoms with Crippen molar-refractivity contribution in [3.8, 4) is 5.75 Å². The van der Waals surface area contributed by atoms with Crippen LogP contribution in [0, 0.1) is 0 Å². The number of phenols is 1. The monoisotopic (exact) mass is 257 g/mol. The van der Waals surface area contributed by atoms with Gasteiger partial charge in [0.05, 0.1) is 12.1 Å². The molecule has 7 heteroatoms. The molecule has 0 unspecified atom stereocenters. The van der Waals surface area contributed by atoms with Gasteiger partial charge in [-0.15, -0.1) is 0 Å². The minimum absolute atomic E-state index is 0.0543. The number of carbonyl (C=O) groups excluding carboxylic acids is 1. The van der Waals surface area contributed by atoms with Crippen LogP contribution >= 0.6 is 11.6 Å². The Bertz CT molecular complexity index is 462. The van der Waals surface area contributed by atoms with E-state index in [0.717, 1.165) is 0 Å². The first kappa shape index (κ1) is 13.1. The lowest BCUT2D eigenvalue weighted by atomic mass is 10.2. The summed E-state index contributed by atoms with van der Waals surface area (Å²) in [5.74, 6) is -0.760. The molecule has 1 rings (SSSR count). The van der Waals surface area contributed by atoms with Crippen molar-refractivity contribution in [3.63, 3.8) is 0 Å². The molecule has 1 aromatic carbocycles. The second kappa shape index (κ2) is 5.40. The Morgan fingerprint density at radius 2 is 2.24 bits per heavy atom. The third-order valence-electron chi connectivity index (χ3n) is 2.06. The minimum Gasteiger partial charge on any atom is -0.507 e. The van der Waals surface area contributed by atoms with Gasteiger partial charge in [0.2, 0.25) is 0 Å². The van der Waals surface area contributed by atoms with E-state index < -0.39 is 5.91 Å². The summed E-state index contributed by atoms with van der Waals surface area (Å²) in [6.07, 6.45) is 0. The molecule has 6 nitrogen and oxygen atoms in total. The highest BCUT2D eigenvalue weighted by atomic mass is 35.5. The number of phenolic OH excluding ortho intramolecular Hbond substituents is 1. The zero-order valence-electron chi connectivity index (χ0n) is 9.09. The number of aromatic hydroxyl groups is 1. The molecule has 1 aromatic rings. The number of nitrogens with zero attached hydrogens (tertiary/aromatic N) is 2. The summed E-state index contributed by atoms with van der Waals surface area (Å²) in [5.41, 5.74) is 5.34. The lowest BCUT2D eigenvalue weighted by Gasteiger charge is -2.16. The number of rotatable bonds is 3. The lowest BCUT2D eigenvalue weighted by molar-refractivity contribution is 0.0810. The summed E-state index contributed by atoms with van der Waals surface area (Å²) in [5, 5.41) is 21.0. The van der Waals surface area contributed by atoms with Crippen LogP contribution in [0.5, 0.6) is 5.75 Å². The van der Waals surface area contributed by atoms with Gasteiger partial charge in [-0.1, -0.05) is 16.8 Å². The molecule has 0 heterocycles. The van der Waals surface area contributed by atoms with Crippen LogP contribution in [-0.4, -0.2) is 40.5 Å². The van der Waals surface area contributed by atoms with Gasteiger partial charge in [-0.25, -0.2) is 0 Å². The number of oxime groups is 1. The highest BCUT2D eigenvalue weighted by Gasteiger charge is 2.17. The molecule has 92 valence electrons. The number of carbonyl (C=O) groups is 1.